The first-order chi connectivity index (χ1) is 12.9. The fraction of sp³-hybridized carbons (Fsp3) is 0.417. The van der Waals surface area contributed by atoms with Crippen molar-refractivity contribution in [1.82, 2.24) is 9.55 Å². The Morgan fingerprint density at radius 2 is 1.70 bits per heavy atom. The summed E-state index contributed by atoms with van der Waals surface area (Å²) >= 11 is 0. The summed E-state index contributed by atoms with van der Waals surface area (Å²) in [5.41, 5.74) is 4.40. The van der Waals surface area contributed by atoms with Crippen LogP contribution in [0, 0.1) is 0 Å². The lowest BCUT2D eigenvalue weighted by Gasteiger charge is -2.29. The van der Waals surface area contributed by atoms with Gasteiger partial charge in [0.1, 0.15) is 5.65 Å². The van der Waals surface area contributed by atoms with Crippen molar-refractivity contribution in [3.05, 3.63) is 64.4 Å². The molecule has 3 aromatic rings. The molecule has 0 unspecified atom stereocenters. The van der Waals surface area contributed by atoms with E-state index in [4.69, 9.17) is 0 Å². The fourth-order valence-corrected chi connectivity index (χ4v) is 4.24. The second-order valence-corrected chi connectivity index (χ2v) is 8.76. The van der Waals surface area contributed by atoms with Crippen LogP contribution in [0.4, 0.5) is 0 Å². The lowest BCUT2D eigenvalue weighted by atomic mass is 9.86. The first kappa shape index (κ1) is 18.0. The number of pyridine rings is 2. The van der Waals surface area contributed by atoms with E-state index < -0.39 is 0 Å². The predicted molar refractivity (Wildman–Crippen MR) is 112 cm³/mol. The summed E-state index contributed by atoms with van der Waals surface area (Å²) in [6, 6.07) is 14.7. The average molecular weight is 361 g/mol. The van der Waals surface area contributed by atoms with Crippen molar-refractivity contribution in [3.8, 4) is 11.3 Å². The number of nitrogens with zero attached hydrogens (tertiary/aromatic N) is 2. The Labute approximate surface area is 161 Å². The molecule has 0 aliphatic heterocycles. The highest BCUT2D eigenvalue weighted by Crippen LogP contribution is 2.35. The van der Waals surface area contributed by atoms with Gasteiger partial charge in [-0.25, -0.2) is 4.98 Å². The summed E-state index contributed by atoms with van der Waals surface area (Å²) in [7, 11) is 0. The molecule has 0 radical (unpaired) electrons. The van der Waals surface area contributed by atoms with E-state index >= 15 is 0 Å². The standard InChI is InChI=1S/C24H28N2O/c1-24(2,3)18-13-11-17(12-14-18)21-16-22(27)20-10-7-15-25-23(20)26(21)19-8-5-4-6-9-19/h7,10-16,19H,4-6,8-9H2,1-3H3. The Kier molecular flexibility index (Phi) is 4.63. The minimum atomic E-state index is 0.0556. The molecule has 1 aliphatic carbocycles. The molecule has 2 aromatic heterocycles. The molecule has 2 heterocycles. The topological polar surface area (TPSA) is 34.9 Å². The Bertz CT molecular complexity index is 1000. The maximum absolute atomic E-state index is 12.8. The van der Waals surface area contributed by atoms with E-state index in [-0.39, 0.29) is 10.8 Å². The van der Waals surface area contributed by atoms with Crippen LogP contribution >= 0.6 is 0 Å². The van der Waals surface area contributed by atoms with Gasteiger partial charge in [-0.05, 0) is 41.5 Å². The molecule has 0 saturated heterocycles. The van der Waals surface area contributed by atoms with Gasteiger partial charge < -0.3 is 4.57 Å². The molecular weight excluding hydrogens is 332 g/mol. The van der Waals surface area contributed by atoms with Crippen molar-refractivity contribution in [2.24, 2.45) is 0 Å². The fourth-order valence-electron chi connectivity index (χ4n) is 4.24. The average Bonchev–Trinajstić information content (AvgIpc) is 2.68. The summed E-state index contributed by atoms with van der Waals surface area (Å²) in [5.74, 6) is 0. The van der Waals surface area contributed by atoms with Crippen LogP contribution < -0.4 is 5.43 Å². The molecule has 0 bridgehead atoms. The molecule has 1 aliphatic rings. The second kappa shape index (κ2) is 6.95. The highest BCUT2D eigenvalue weighted by Gasteiger charge is 2.22. The third-order valence-electron chi connectivity index (χ3n) is 5.79. The summed E-state index contributed by atoms with van der Waals surface area (Å²) in [5, 5.41) is 0.720. The molecule has 4 rings (SSSR count). The van der Waals surface area contributed by atoms with E-state index in [1.54, 1.807) is 6.20 Å². The van der Waals surface area contributed by atoms with Crippen LogP contribution in [0.15, 0.2) is 53.5 Å². The molecular formula is C24H28N2O. The Morgan fingerprint density at radius 1 is 1.00 bits per heavy atom. The molecule has 140 valence electrons. The SMILES string of the molecule is CC(C)(C)c1ccc(-c2cc(=O)c3cccnc3n2C2CCCCC2)cc1. The van der Waals surface area contributed by atoms with Gasteiger partial charge in [-0.2, -0.15) is 0 Å². The van der Waals surface area contributed by atoms with Crippen LogP contribution in [0.3, 0.4) is 0 Å². The van der Waals surface area contributed by atoms with E-state index in [9.17, 15) is 4.79 Å². The first-order valence-corrected chi connectivity index (χ1v) is 10.1. The molecule has 0 atom stereocenters. The summed E-state index contributed by atoms with van der Waals surface area (Å²) in [6.45, 7) is 6.67. The van der Waals surface area contributed by atoms with Gasteiger partial charge in [0.05, 0.1) is 11.1 Å². The van der Waals surface area contributed by atoms with Gasteiger partial charge in [-0.1, -0.05) is 64.3 Å². The van der Waals surface area contributed by atoms with Crippen molar-refractivity contribution in [2.75, 3.05) is 0 Å². The Balaban J connectivity index is 1.92. The van der Waals surface area contributed by atoms with Crippen LogP contribution in [0.5, 0.6) is 0 Å². The van der Waals surface area contributed by atoms with Crippen LogP contribution in [-0.2, 0) is 5.41 Å². The number of fused-ring (bicyclic) bond motifs is 1. The molecule has 0 N–H and O–H groups in total. The number of rotatable bonds is 2. The minimum absolute atomic E-state index is 0.0556. The maximum atomic E-state index is 12.8. The van der Waals surface area contributed by atoms with Crippen molar-refractivity contribution in [3.63, 3.8) is 0 Å². The second-order valence-electron chi connectivity index (χ2n) is 8.76. The maximum Gasteiger partial charge on any atom is 0.191 e. The first-order valence-electron chi connectivity index (χ1n) is 10.1. The van der Waals surface area contributed by atoms with Gasteiger partial charge in [-0.15, -0.1) is 0 Å². The molecule has 3 heteroatoms. The minimum Gasteiger partial charge on any atom is -0.322 e. The third kappa shape index (κ3) is 3.43. The van der Waals surface area contributed by atoms with Crippen LogP contribution in [-0.4, -0.2) is 9.55 Å². The van der Waals surface area contributed by atoms with Crippen molar-refractivity contribution >= 4 is 11.0 Å². The molecule has 1 aromatic carbocycles. The lowest BCUT2D eigenvalue weighted by Crippen LogP contribution is -2.20. The summed E-state index contributed by atoms with van der Waals surface area (Å²) in [6.07, 6.45) is 7.90. The number of hydrogen-bond acceptors (Lipinski definition) is 2. The zero-order valence-corrected chi connectivity index (χ0v) is 16.5. The summed E-state index contributed by atoms with van der Waals surface area (Å²) < 4.78 is 2.34. The monoisotopic (exact) mass is 360 g/mol. The highest BCUT2D eigenvalue weighted by atomic mass is 16.1. The molecule has 0 spiro atoms. The van der Waals surface area contributed by atoms with Gasteiger partial charge in [-0.3, -0.25) is 4.79 Å². The highest BCUT2D eigenvalue weighted by molar-refractivity contribution is 5.79. The third-order valence-corrected chi connectivity index (χ3v) is 5.79. The molecule has 1 saturated carbocycles. The van der Waals surface area contributed by atoms with E-state index in [1.807, 2.05) is 18.2 Å². The van der Waals surface area contributed by atoms with Gasteiger partial charge in [0.2, 0.25) is 0 Å². The molecule has 1 fully saturated rings. The van der Waals surface area contributed by atoms with Crippen LogP contribution in [0.1, 0.15) is 64.5 Å². The Hall–Kier alpha value is -2.42. The zero-order valence-electron chi connectivity index (χ0n) is 16.5. The smallest absolute Gasteiger partial charge is 0.191 e. The van der Waals surface area contributed by atoms with Gasteiger partial charge >= 0.3 is 0 Å². The zero-order chi connectivity index (χ0) is 19.0. The van der Waals surface area contributed by atoms with Crippen molar-refractivity contribution in [2.45, 2.75) is 64.3 Å². The number of aromatic nitrogens is 2. The van der Waals surface area contributed by atoms with Crippen LogP contribution in [0.25, 0.3) is 22.3 Å². The van der Waals surface area contributed by atoms with Crippen molar-refractivity contribution < 1.29 is 0 Å². The van der Waals surface area contributed by atoms with E-state index in [0.717, 1.165) is 35.1 Å². The van der Waals surface area contributed by atoms with Crippen LogP contribution in [0.2, 0.25) is 0 Å². The predicted octanol–water partition coefficient (Wildman–Crippen LogP) is 5.87. The van der Waals surface area contributed by atoms with Gasteiger partial charge in [0.25, 0.3) is 0 Å². The lowest BCUT2D eigenvalue weighted by molar-refractivity contribution is 0.360. The molecule has 0 amide bonds. The van der Waals surface area contributed by atoms with Gasteiger partial charge in [0.15, 0.2) is 5.43 Å². The number of hydrogen-bond donors (Lipinski definition) is 0. The van der Waals surface area contributed by atoms with E-state index in [1.165, 1.54) is 24.8 Å². The van der Waals surface area contributed by atoms with E-state index in [2.05, 4.69) is 54.6 Å². The van der Waals surface area contributed by atoms with E-state index in [0.29, 0.717) is 6.04 Å². The van der Waals surface area contributed by atoms with Gasteiger partial charge in [0, 0.05) is 18.3 Å². The quantitative estimate of drug-likeness (QED) is 0.573. The normalized spacial score (nSPS) is 16.0. The largest absolute Gasteiger partial charge is 0.322 e. The van der Waals surface area contributed by atoms with Crippen molar-refractivity contribution in [1.29, 1.82) is 0 Å². The Morgan fingerprint density at radius 3 is 2.37 bits per heavy atom. The number of benzene rings is 1. The summed E-state index contributed by atoms with van der Waals surface area (Å²) in [4.78, 5) is 17.4. The molecule has 3 nitrogen and oxygen atoms in total. The molecule has 27 heavy (non-hydrogen) atoms.